The van der Waals surface area contributed by atoms with Crippen LogP contribution in [0.3, 0.4) is 0 Å². The molecule has 0 aromatic heterocycles. The van der Waals surface area contributed by atoms with E-state index in [1.807, 2.05) is 0 Å². The van der Waals surface area contributed by atoms with Crippen LogP contribution in [0.1, 0.15) is 276 Å². The number of rotatable bonds is 0. The molecule has 6 aliphatic rings. The summed E-state index contributed by atoms with van der Waals surface area (Å²) in [5.41, 5.74) is 0. The molecule has 0 aliphatic heterocycles. The third-order valence-corrected chi connectivity index (χ3v) is 12.8. The quantitative estimate of drug-likeness (QED) is 0.216. The zero-order valence-corrected chi connectivity index (χ0v) is 37.3. The summed E-state index contributed by atoms with van der Waals surface area (Å²) in [7, 11) is 0. The summed E-state index contributed by atoms with van der Waals surface area (Å²) in [6.45, 7) is 0. The molecule has 0 heteroatoms. The Hall–Kier alpha value is -1.30. The van der Waals surface area contributed by atoms with Crippen LogP contribution in [0, 0.1) is 11.8 Å². The third-order valence-electron chi connectivity index (χ3n) is 12.8. The van der Waals surface area contributed by atoms with Crippen LogP contribution < -0.4 is 0 Å². The van der Waals surface area contributed by atoms with Gasteiger partial charge in [-0.1, -0.05) is 215 Å². The fourth-order valence-corrected chi connectivity index (χ4v) is 9.00. The summed E-state index contributed by atoms with van der Waals surface area (Å²) in [6, 6.07) is 0. The van der Waals surface area contributed by atoms with Crippen molar-refractivity contribution in [2.45, 2.75) is 276 Å². The Bertz CT molecular complexity index is 711. The van der Waals surface area contributed by atoms with E-state index in [4.69, 9.17) is 0 Å². The maximum absolute atomic E-state index is 2.38. The van der Waals surface area contributed by atoms with Crippen LogP contribution in [-0.2, 0) is 0 Å². The normalized spacial score (nSPS) is 25.6. The van der Waals surface area contributed by atoms with Crippen LogP contribution in [0.4, 0.5) is 0 Å². The molecule has 6 rings (SSSR count). The zero-order valence-electron chi connectivity index (χ0n) is 37.3. The molecule has 2 unspecified atom stereocenters. The van der Waals surface area contributed by atoms with Gasteiger partial charge >= 0.3 is 0 Å². The molecule has 0 aromatic carbocycles. The number of hydrogen-bond donors (Lipinski definition) is 0. The highest BCUT2D eigenvalue weighted by atomic mass is 14.3. The zero-order chi connectivity index (χ0) is 38.6. The van der Waals surface area contributed by atoms with Gasteiger partial charge in [-0.2, -0.15) is 0 Å². The first kappa shape index (κ1) is 49.8. The molecule has 0 saturated heterocycles. The van der Waals surface area contributed by atoms with Crippen molar-refractivity contribution in [1.29, 1.82) is 0 Å². The first-order chi connectivity index (χ1) is 27.4. The molecule has 0 spiro atoms. The number of allylic oxidation sites excluding steroid dienone is 10. The van der Waals surface area contributed by atoms with Gasteiger partial charge < -0.3 is 0 Å². The molecular formula is C55H98. The summed E-state index contributed by atoms with van der Waals surface area (Å²) in [4.78, 5) is 0. The summed E-state index contributed by atoms with van der Waals surface area (Å²) in [5, 5.41) is 0. The minimum Gasteiger partial charge on any atom is -0.0885 e. The maximum atomic E-state index is 2.38. The molecule has 0 nitrogen and oxygen atoms in total. The van der Waals surface area contributed by atoms with Gasteiger partial charge in [-0.3, -0.25) is 0 Å². The minimum absolute atomic E-state index is 0.991. The lowest BCUT2D eigenvalue weighted by Crippen LogP contribution is -1.82. The lowest BCUT2D eigenvalue weighted by molar-refractivity contribution is 0.566. The Morgan fingerprint density at radius 1 is 0.182 bits per heavy atom. The van der Waals surface area contributed by atoms with Crippen molar-refractivity contribution in [3.05, 3.63) is 60.8 Å². The molecule has 6 aliphatic carbocycles. The summed E-state index contributed by atoms with van der Waals surface area (Å²) < 4.78 is 0. The van der Waals surface area contributed by atoms with Crippen molar-refractivity contribution in [3.8, 4) is 0 Å². The van der Waals surface area contributed by atoms with Crippen molar-refractivity contribution in [1.82, 2.24) is 0 Å². The molecule has 55 heavy (non-hydrogen) atoms. The van der Waals surface area contributed by atoms with Crippen LogP contribution in [0.15, 0.2) is 60.8 Å². The Balaban J connectivity index is 0.000000239. The SMILES string of the molecule is C1=CC2CCC1C2.C1=CCCCCCCCCCC1.C1=CCCCCCCCCCC1.C1=CCCCCCCCCCC1.C1=CCCCCCCCCCC1. The van der Waals surface area contributed by atoms with Crippen LogP contribution in [0.5, 0.6) is 0 Å². The van der Waals surface area contributed by atoms with Gasteiger partial charge in [0.15, 0.2) is 0 Å². The van der Waals surface area contributed by atoms with E-state index in [0.29, 0.717) is 0 Å². The summed E-state index contributed by atoms with van der Waals surface area (Å²) in [6.07, 6.45) is 85.2. The summed E-state index contributed by atoms with van der Waals surface area (Å²) in [5.74, 6) is 1.98. The molecule has 0 N–H and O–H groups in total. The van der Waals surface area contributed by atoms with Gasteiger partial charge in [0.1, 0.15) is 0 Å². The van der Waals surface area contributed by atoms with Gasteiger partial charge in [-0.25, -0.2) is 0 Å². The number of hydrogen-bond acceptors (Lipinski definition) is 0. The van der Waals surface area contributed by atoms with Crippen LogP contribution in [-0.4, -0.2) is 0 Å². The van der Waals surface area contributed by atoms with Gasteiger partial charge in [0.25, 0.3) is 0 Å². The Kier molecular flexibility index (Phi) is 38.3. The molecule has 0 aromatic rings. The largest absolute Gasteiger partial charge is 0.0885 e. The fraction of sp³-hybridized carbons (Fsp3) is 0.818. The second-order valence-electron chi connectivity index (χ2n) is 18.2. The molecule has 1 fully saturated rings. The molecule has 318 valence electrons. The molecule has 2 bridgehead atoms. The lowest BCUT2D eigenvalue weighted by Gasteiger charge is -2.02. The number of fused-ring (bicyclic) bond motifs is 2. The monoisotopic (exact) mass is 759 g/mol. The average Bonchev–Trinajstić information content (AvgIpc) is 3.84. The van der Waals surface area contributed by atoms with E-state index < -0.39 is 0 Å². The van der Waals surface area contributed by atoms with E-state index in [0.717, 1.165) is 11.8 Å². The fourth-order valence-electron chi connectivity index (χ4n) is 9.00. The van der Waals surface area contributed by atoms with Gasteiger partial charge in [0.05, 0.1) is 0 Å². The predicted octanol–water partition coefficient (Wildman–Crippen LogP) is 19.8. The van der Waals surface area contributed by atoms with Crippen LogP contribution >= 0.6 is 0 Å². The highest BCUT2D eigenvalue weighted by Gasteiger charge is 2.25. The standard InChI is InChI=1S/4C12H22.C7H10/c4*1-2-4-6-8-10-12-11-9-7-5-3-1;1-2-7-4-3-6(1)5-7/h4*1-2H,3-12H2;1-2,6-7H,3-5H2. The highest BCUT2D eigenvalue weighted by Crippen LogP contribution is 2.38. The van der Waals surface area contributed by atoms with Gasteiger partial charge in [-0.05, 0) is 134 Å². The Morgan fingerprint density at radius 3 is 0.436 bits per heavy atom. The third kappa shape index (κ3) is 36.8. The minimum atomic E-state index is 0.991. The van der Waals surface area contributed by atoms with Crippen molar-refractivity contribution < 1.29 is 0 Å². The van der Waals surface area contributed by atoms with E-state index in [-0.39, 0.29) is 0 Å². The van der Waals surface area contributed by atoms with Crippen molar-refractivity contribution in [2.75, 3.05) is 0 Å². The van der Waals surface area contributed by atoms with Crippen LogP contribution in [0.2, 0.25) is 0 Å². The van der Waals surface area contributed by atoms with Crippen molar-refractivity contribution in [3.63, 3.8) is 0 Å². The second-order valence-corrected chi connectivity index (χ2v) is 18.2. The van der Waals surface area contributed by atoms with E-state index in [1.165, 1.54) is 276 Å². The summed E-state index contributed by atoms with van der Waals surface area (Å²) >= 11 is 0. The molecule has 0 amide bonds. The topological polar surface area (TPSA) is 0 Å². The second kappa shape index (κ2) is 42.3. The van der Waals surface area contributed by atoms with Crippen molar-refractivity contribution >= 4 is 0 Å². The Morgan fingerprint density at radius 2 is 0.327 bits per heavy atom. The van der Waals surface area contributed by atoms with E-state index in [1.54, 1.807) is 0 Å². The lowest BCUT2D eigenvalue weighted by atomic mass is 10.0. The molecule has 2 atom stereocenters. The molecule has 0 heterocycles. The maximum Gasteiger partial charge on any atom is -0.0228 e. The van der Waals surface area contributed by atoms with E-state index >= 15 is 0 Å². The molecular weight excluding hydrogens is 661 g/mol. The first-order valence-electron chi connectivity index (χ1n) is 25.7. The smallest absolute Gasteiger partial charge is 0.0228 e. The predicted molar refractivity (Wildman–Crippen MR) is 251 cm³/mol. The Labute approximate surface area is 347 Å². The van der Waals surface area contributed by atoms with E-state index in [2.05, 4.69) is 60.8 Å². The van der Waals surface area contributed by atoms with Crippen molar-refractivity contribution in [2.24, 2.45) is 11.8 Å². The van der Waals surface area contributed by atoms with Gasteiger partial charge in [0, 0.05) is 0 Å². The van der Waals surface area contributed by atoms with Gasteiger partial charge in [-0.15, -0.1) is 0 Å². The average molecular weight is 759 g/mol. The first-order valence-corrected chi connectivity index (χ1v) is 25.7. The molecule has 1 saturated carbocycles. The van der Waals surface area contributed by atoms with Gasteiger partial charge in [0.2, 0.25) is 0 Å². The van der Waals surface area contributed by atoms with E-state index in [9.17, 15) is 0 Å². The van der Waals surface area contributed by atoms with Crippen LogP contribution in [0.25, 0.3) is 0 Å². The highest BCUT2D eigenvalue weighted by molar-refractivity contribution is 5.06. The molecule has 0 radical (unpaired) electrons.